The number of amides is 1. The monoisotopic (exact) mass is 367 g/mol. The Morgan fingerprint density at radius 3 is 2.75 bits per heavy atom. The van der Waals surface area contributed by atoms with Crippen LogP contribution in [-0.4, -0.2) is 49.9 Å². The van der Waals surface area contributed by atoms with Crippen LogP contribution < -0.4 is 5.32 Å². The van der Waals surface area contributed by atoms with E-state index in [1.54, 1.807) is 31.3 Å². The second-order valence-corrected chi connectivity index (χ2v) is 8.38. The molecule has 0 unspecified atom stereocenters. The summed E-state index contributed by atoms with van der Waals surface area (Å²) in [6.07, 6.45) is 1.57. The van der Waals surface area contributed by atoms with Gasteiger partial charge in [-0.3, -0.25) is 4.79 Å². The average Bonchev–Trinajstić information content (AvgIpc) is 2.99. The first-order valence-electron chi connectivity index (χ1n) is 7.39. The third kappa shape index (κ3) is 3.48. The zero-order chi connectivity index (χ0) is 17.2. The van der Waals surface area contributed by atoms with Gasteiger partial charge in [-0.1, -0.05) is 6.07 Å². The molecule has 1 aliphatic rings. The van der Waals surface area contributed by atoms with Crippen molar-refractivity contribution in [1.29, 1.82) is 0 Å². The number of nitrogens with one attached hydrogen (secondary N) is 1. The van der Waals surface area contributed by atoms with Gasteiger partial charge in [-0.15, -0.1) is 11.3 Å². The minimum absolute atomic E-state index is 0.181. The molecule has 1 N–H and O–H groups in total. The second-order valence-electron chi connectivity index (χ2n) is 5.22. The van der Waals surface area contributed by atoms with Gasteiger partial charge < -0.3 is 10.1 Å². The van der Waals surface area contributed by atoms with E-state index in [2.05, 4.69) is 10.3 Å². The number of hydrogen-bond donors (Lipinski definition) is 1. The molecule has 0 bridgehead atoms. The van der Waals surface area contributed by atoms with E-state index in [4.69, 9.17) is 4.74 Å². The number of pyridine rings is 1. The quantitative estimate of drug-likeness (QED) is 0.889. The van der Waals surface area contributed by atoms with Gasteiger partial charge >= 0.3 is 0 Å². The van der Waals surface area contributed by atoms with Gasteiger partial charge in [-0.25, -0.2) is 13.4 Å². The van der Waals surface area contributed by atoms with Crippen molar-refractivity contribution in [3.8, 4) is 0 Å². The summed E-state index contributed by atoms with van der Waals surface area (Å²) in [5.74, 6) is 0.0522. The maximum Gasteiger partial charge on any atom is 0.266 e. The minimum atomic E-state index is -3.61. The van der Waals surface area contributed by atoms with Gasteiger partial charge in [0, 0.05) is 24.2 Å². The first kappa shape index (κ1) is 17.0. The Morgan fingerprint density at radius 1 is 1.33 bits per heavy atom. The van der Waals surface area contributed by atoms with Gasteiger partial charge in [0.25, 0.3) is 5.91 Å². The molecular weight excluding hydrogens is 350 g/mol. The number of aryl methyl sites for hydroxylation is 1. The lowest BCUT2D eigenvalue weighted by molar-refractivity contribution is 0.0730. The highest BCUT2D eigenvalue weighted by atomic mass is 32.2. The molecular formula is C15H17N3O4S2. The van der Waals surface area contributed by atoms with E-state index >= 15 is 0 Å². The lowest BCUT2D eigenvalue weighted by Crippen LogP contribution is -2.40. The zero-order valence-electron chi connectivity index (χ0n) is 13.1. The van der Waals surface area contributed by atoms with Crippen LogP contribution in [0.5, 0.6) is 0 Å². The largest absolute Gasteiger partial charge is 0.379 e. The van der Waals surface area contributed by atoms with Crippen LogP contribution in [0.3, 0.4) is 0 Å². The number of carbonyl (C=O) groups is 1. The Labute approximate surface area is 144 Å². The topological polar surface area (TPSA) is 88.6 Å². The molecule has 7 nitrogen and oxygen atoms in total. The number of thiophene rings is 1. The number of nitrogens with zero attached hydrogens (tertiary/aromatic N) is 2. The minimum Gasteiger partial charge on any atom is -0.379 e. The van der Waals surface area contributed by atoms with Crippen LogP contribution in [-0.2, 0) is 14.8 Å². The molecule has 3 heterocycles. The van der Waals surface area contributed by atoms with Crippen LogP contribution in [0.4, 0.5) is 5.82 Å². The summed E-state index contributed by atoms with van der Waals surface area (Å²) < 4.78 is 32.1. The zero-order valence-corrected chi connectivity index (χ0v) is 14.7. The van der Waals surface area contributed by atoms with Crippen LogP contribution in [0, 0.1) is 6.92 Å². The molecule has 0 atom stereocenters. The molecule has 1 amide bonds. The summed E-state index contributed by atoms with van der Waals surface area (Å²) >= 11 is 1.16. The van der Waals surface area contributed by atoms with Crippen LogP contribution in [0.15, 0.2) is 35.4 Å². The summed E-state index contributed by atoms with van der Waals surface area (Å²) in [5, 5.41) is 2.66. The Hall–Kier alpha value is -1.81. The van der Waals surface area contributed by atoms with Crippen LogP contribution >= 0.6 is 11.3 Å². The van der Waals surface area contributed by atoms with Crippen molar-refractivity contribution in [3.05, 3.63) is 40.2 Å². The molecule has 0 radical (unpaired) electrons. The average molecular weight is 367 g/mol. The summed E-state index contributed by atoms with van der Waals surface area (Å²) in [6.45, 7) is 3.13. The Balaban J connectivity index is 1.83. The van der Waals surface area contributed by atoms with Crippen molar-refractivity contribution in [2.45, 2.75) is 11.8 Å². The first-order chi connectivity index (χ1) is 11.5. The van der Waals surface area contributed by atoms with Crippen LogP contribution in [0.25, 0.3) is 0 Å². The molecule has 128 valence electrons. The van der Waals surface area contributed by atoms with Crippen molar-refractivity contribution >= 4 is 33.1 Å². The molecule has 0 aliphatic carbocycles. The van der Waals surface area contributed by atoms with Crippen molar-refractivity contribution in [3.63, 3.8) is 0 Å². The lowest BCUT2D eigenvalue weighted by atomic mass is 10.4. The second kappa shape index (κ2) is 6.98. The number of aromatic nitrogens is 1. The summed E-state index contributed by atoms with van der Waals surface area (Å²) in [6, 6.07) is 6.61. The number of morpholine rings is 1. The van der Waals surface area contributed by atoms with E-state index in [1.807, 2.05) is 0 Å². The Bertz CT molecular complexity index is 828. The predicted octanol–water partition coefficient (Wildman–Crippen LogP) is 1.72. The van der Waals surface area contributed by atoms with Gasteiger partial charge in [-0.2, -0.15) is 4.31 Å². The van der Waals surface area contributed by atoms with E-state index in [9.17, 15) is 13.2 Å². The molecule has 1 fully saturated rings. The molecule has 0 saturated carbocycles. The van der Waals surface area contributed by atoms with E-state index in [-0.39, 0.29) is 10.8 Å². The summed E-state index contributed by atoms with van der Waals surface area (Å²) in [5.41, 5.74) is 0. The number of hydrogen-bond acceptors (Lipinski definition) is 6. The molecule has 2 aromatic rings. The summed E-state index contributed by atoms with van der Waals surface area (Å²) in [4.78, 5) is 17.5. The number of carbonyl (C=O) groups excluding carboxylic acids is 1. The fourth-order valence-electron chi connectivity index (χ4n) is 2.37. The van der Waals surface area contributed by atoms with Crippen molar-refractivity contribution in [1.82, 2.24) is 9.29 Å². The number of ether oxygens (including phenoxy) is 1. The molecule has 0 spiro atoms. The molecule has 0 aromatic carbocycles. The number of anilines is 1. The fourth-order valence-corrected chi connectivity index (χ4v) is 5.24. The van der Waals surface area contributed by atoms with E-state index < -0.39 is 10.0 Å². The first-order valence-corrected chi connectivity index (χ1v) is 9.65. The molecule has 3 rings (SSSR count). The van der Waals surface area contributed by atoms with Gasteiger partial charge in [-0.05, 0) is 25.1 Å². The van der Waals surface area contributed by atoms with Gasteiger partial charge in [0.1, 0.15) is 5.82 Å². The SMILES string of the molecule is Cc1sc(C(=O)Nc2ccccn2)cc1S(=O)(=O)N1CCOCC1. The van der Waals surface area contributed by atoms with E-state index in [1.165, 1.54) is 10.4 Å². The van der Waals surface area contributed by atoms with Crippen molar-refractivity contribution < 1.29 is 17.9 Å². The number of rotatable bonds is 4. The van der Waals surface area contributed by atoms with Crippen LogP contribution in [0.1, 0.15) is 14.5 Å². The molecule has 1 aliphatic heterocycles. The molecule has 9 heteroatoms. The summed E-state index contributed by atoms with van der Waals surface area (Å²) in [7, 11) is -3.61. The van der Waals surface area contributed by atoms with Gasteiger partial charge in [0.05, 0.1) is 23.0 Å². The maximum atomic E-state index is 12.7. The molecule has 1 saturated heterocycles. The molecule has 2 aromatic heterocycles. The lowest BCUT2D eigenvalue weighted by Gasteiger charge is -2.25. The van der Waals surface area contributed by atoms with Crippen LogP contribution in [0.2, 0.25) is 0 Å². The normalized spacial score (nSPS) is 16.0. The van der Waals surface area contributed by atoms with E-state index in [0.717, 1.165) is 11.3 Å². The highest BCUT2D eigenvalue weighted by molar-refractivity contribution is 7.89. The van der Waals surface area contributed by atoms with Gasteiger partial charge in [0.15, 0.2) is 0 Å². The fraction of sp³-hybridized carbons (Fsp3) is 0.333. The smallest absolute Gasteiger partial charge is 0.266 e. The third-order valence-electron chi connectivity index (χ3n) is 3.59. The van der Waals surface area contributed by atoms with Crippen molar-refractivity contribution in [2.75, 3.05) is 31.6 Å². The number of sulfonamides is 1. The third-order valence-corrected chi connectivity index (χ3v) is 6.79. The van der Waals surface area contributed by atoms with Gasteiger partial charge in [0.2, 0.25) is 10.0 Å². The Kier molecular flexibility index (Phi) is 4.95. The highest BCUT2D eigenvalue weighted by Crippen LogP contribution is 2.29. The Morgan fingerprint density at radius 2 is 2.08 bits per heavy atom. The highest BCUT2D eigenvalue weighted by Gasteiger charge is 2.30. The predicted molar refractivity (Wildman–Crippen MR) is 90.8 cm³/mol. The van der Waals surface area contributed by atoms with E-state index in [0.29, 0.717) is 41.9 Å². The molecule has 24 heavy (non-hydrogen) atoms. The standard InChI is InChI=1S/C15H17N3O4S2/c1-11-13(24(20,21)18-6-8-22-9-7-18)10-12(23-11)15(19)17-14-4-2-3-5-16-14/h2-5,10H,6-9H2,1H3,(H,16,17,19). The maximum absolute atomic E-state index is 12.7. The van der Waals surface area contributed by atoms with Crippen molar-refractivity contribution in [2.24, 2.45) is 0 Å².